The van der Waals surface area contributed by atoms with Gasteiger partial charge in [0.2, 0.25) is 0 Å². The second kappa shape index (κ2) is 8.61. The number of aromatic nitrogens is 2. The molecule has 1 aromatic heterocycles. The molecule has 1 amide bonds. The maximum Gasteiger partial charge on any atom is 0.262 e. The summed E-state index contributed by atoms with van der Waals surface area (Å²) in [5.41, 5.74) is 4.89. The van der Waals surface area contributed by atoms with Crippen LogP contribution in [0.1, 0.15) is 17.0 Å². The van der Waals surface area contributed by atoms with Gasteiger partial charge in [0.1, 0.15) is 11.6 Å². The van der Waals surface area contributed by atoms with E-state index in [2.05, 4.69) is 27.4 Å². The predicted octanol–water partition coefficient (Wildman–Crippen LogP) is 4.67. The van der Waals surface area contributed by atoms with Crippen molar-refractivity contribution in [1.29, 1.82) is 0 Å². The molecule has 0 aliphatic heterocycles. The Balaban J connectivity index is 1.36. The zero-order valence-electron chi connectivity index (χ0n) is 16.3. The van der Waals surface area contributed by atoms with E-state index < -0.39 is 0 Å². The largest absolute Gasteiger partial charge is 0.484 e. The summed E-state index contributed by atoms with van der Waals surface area (Å²) >= 11 is 0. The number of aromatic amines is 1. The number of ether oxygens (including phenoxy) is 1. The Morgan fingerprint density at radius 1 is 1.00 bits per heavy atom. The molecule has 29 heavy (non-hydrogen) atoms. The minimum atomic E-state index is -0.199. The van der Waals surface area contributed by atoms with E-state index in [0.29, 0.717) is 11.4 Å². The highest BCUT2D eigenvalue weighted by atomic mass is 16.5. The fourth-order valence-electron chi connectivity index (χ4n) is 3.22. The minimum Gasteiger partial charge on any atom is -0.484 e. The van der Waals surface area contributed by atoms with E-state index >= 15 is 0 Å². The van der Waals surface area contributed by atoms with Gasteiger partial charge in [0.25, 0.3) is 5.91 Å². The van der Waals surface area contributed by atoms with E-state index in [-0.39, 0.29) is 12.5 Å². The number of rotatable bonds is 7. The molecule has 0 saturated carbocycles. The molecule has 3 aromatic carbocycles. The molecule has 0 bridgehead atoms. The Bertz CT molecular complexity index is 1120. The summed E-state index contributed by atoms with van der Waals surface area (Å²) in [5.74, 6) is 1.43. The maximum absolute atomic E-state index is 12.2. The molecular weight excluding hydrogens is 362 g/mol. The normalized spacial score (nSPS) is 10.8. The van der Waals surface area contributed by atoms with Crippen molar-refractivity contribution in [2.24, 2.45) is 0 Å². The lowest BCUT2D eigenvalue weighted by Crippen LogP contribution is -2.20. The number of benzene rings is 3. The number of hydrogen-bond acceptors (Lipinski definition) is 3. The maximum atomic E-state index is 12.2. The van der Waals surface area contributed by atoms with Crippen LogP contribution in [-0.2, 0) is 17.6 Å². The van der Waals surface area contributed by atoms with Crippen LogP contribution in [0.2, 0.25) is 0 Å². The molecule has 0 unspecified atom stereocenters. The molecule has 0 saturated heterocycles. The van der Waals surface area contributed by atoms with Gasteiger partial charge in [-0.1, -0.05) is 42.5 Å². The number of nitrogens with one attached hydrogen (secondary N) is 2. The summed E-state index contributed by atoms with van der Waals surface area (Å²) in [6, 6.07) is 23.7. The summed E-state index contributed by atoms with van der Waals surface area (Å²) in [7, 11) is 0. The Labute approximate surface area is 169 Å². The van der Waals surface area contributed by atoms with E-state index in [1.54, 1.807) is 0 Å². The number of nitrogens with zero attached hydrogens (tertiary/aromatic N) is 1. The molecule has 4 aromatic rings. The van der Waals surface area contributed by atoms with Crippen LogP contribution in [0, 0.1) is 6.92 Å². The average molecular weight is 385 g/mol. The molecule has 0 aliphatic rings. The summed E-state index contributed by atoms with van der Waals surface area (Å²) in [4.78, 5) is 20.2. The van der Waals surface area contributed by atoms with E-state index in [1.165, 1.54) is 5.56 Å². The lowest BCUT2D eigenvalue weighted by Gasteiger charge is -2.08. The van der Waals surface area contributed by atoms with E-state index in [0.717, 1.165) is 35.3 Å². The Hall–Kier alpha value is -3.60. The topological polar surface area (TPSA) is 67.0 Å². The van der Waals surface area contributed by atoms with Gasteiger partial charge >= 0.3 is 0 Å². The smallest absolute Gasteiger partial charge is 0.262 e. The zero-order valence-corrected chi connectivity index (χ0v) is 16.3. The lowest BCUT2D eigenvalue weighted by molar-refractivity contribution is -0.118. The highest BCUT2D eigenvalue weighted by Crippen LogP contribution is 2.18. The highest BCUT2D eigenvalue weighted by Gasteiger charge is 2.08. The van der Waals surface area contributed by atoms with E-state index in [9.17, 15) is 4.79 Å². The second-order valence-electron chi connectivity index (χ2n) is 7.05. The fourth-order valence-corrected chi connectivity index (χ4v) is 3.22. The number of carbonyl (C=O) groups is 1. The van der Waals surface area contributed by atoms with Crippen molar-refractivity contribution in [3.8, 4) is 5.75 Å². The molecule has 5 nitrogen and oxygen atoms in total. The summed E-state index contributed by atoms with van der Waals surface area (Å²) < 4.78 is 5.55. The van der Waals surface area contributed by atoms with Crippen LogP contribution in [-0.4, -0.2) is 22.5 Å². The quantitative estimate of drug-likeness (QED) is 0.486. The van der Waals surface area contributed by atoms with Crippen molar-refractivity contribution in [2.45, 2.75) is 19.8 Å². The monoisotopic (exact) mass is 385 g/mol. The molecule has 146 valence electrons. The van der Waals surface area contributed by atoms with Gasteiger partial charge in [0.15, 0.2) is 6.61 Å². The van der Waals surface area contributed by atoms with Crippen LogP contribution in [0.4, 0.5) is 5.69 Å². The standard InChI is InChI=1S/C24H23N3O2/c1-17-6-5-9-20(14-17)29-16-24(28)25-19-11-12-21-22(15-19)27-23(26-21)13-10-18-7-3-2-4-8-18/h2-9,11-12,14-15H,10,13,16H2,1H3,(H,25,28)(H,26,27). The predicted molar refractivity (Wildman–Crippen MR) is 115 cm³/mol. The SMILES string of the molecule is Cc1cccc(OCC(=O)Nc2ccc3nc(CCc4ccccc4)[nH]c3c2)c1. The molecular formula is C24H23N3O2. The third-order valence-corrected chi connectivity index (χ3v) is 4.67. The lowest BCUT2D eigenvalue weighted by atomic mass is 10.1. The van der Waals surface area contributed by atoms with Crippen LogP contribution in [0.5, 0.6) is 5.75 Å². The van der Waals surface area contributed by atoms with Crippen molar-refractivity contribution in [2.75, 3.05) is 11.9 Å². The number of hydrogen-bond donors (Lipinski definition) is 2. The number of amides is 1. The molecule has 2 N–H and O–H groups in total. The first-order chi connectivity index (χ1) is 14.2. The first-order valence-corrected chi connectivity index (χ1v) is 9.67. The summed E-state index contributed by atoms with van der Waals surface area (Å²) in [6.07, 6.45) is 1.77. The minimum absolute atomic E-state index is 0.0349. The first-order valence-electron chi connectivity index (χ1n) is 9.67. The van der Waals surface area contributed by atoms with Gasteiger partial charge in [-0.25, -0.2) is 4.98 Å². The second-order valence-corrected chi connectivity index (χ2v) is 7.05. The summed E-state index contributed by atoms with van der Waals surface area (Å²) in [5, 5.41) is 2.87. The first kappa shape index (κ1) is 18.7. The van der Waals surface area contributed by atoms with Crippen LogP contribution in [0.25, 0.3) is 11.0 Å². The molecule has 4 rings (SSSR count). The van der Waals surface area contributed by atoms with E-state index in [4.69, 9.17) is 4.74 Å². The highest BCUT2D eigenvalue weighted by molar-refractivity contribution is 5.94. The average Bonchev–Trinajstić information content (AvgIpc) is 3.14. The number of fused-ring (bicyclic) bond motifs is 1. The third-order valence-electron chi connectivity index (χ3n) is 4.67. The number of imidazole rings is 1. The number of anilines is 1. The van der Waals surface area contributed by atoms with Crippen molar-refractivity contribution >= 4 is 22.6 Å². The van der Waals surface area contributed by atoms with Crippen molar-refractivity contribution in [1.82, 2.24) is 9.97 Å². The Morgan fingerprint density at radius 2 is 1.86 bits per heavy atom. The van der Waals surface area contributed by atoms with Gasteiger partial charge < -0.3 is 15.0 Å². The van der Waals surface area contributed by atoms with Crippen LogP contribution >= 0.6 is 0 Å². The summed E-state index contributed by atoms with van der Waals surface area (Å²) in [6.45, 7) is 1.95. The van der Waals surface area contributed by atoms with Crippen LogP contribution < -0.4 is 10.1 Å². The van der Waals surface area contributed by atoms with Gasteiger partial charge in [-0.2, -0.15) is 0 Å². The number of H-pyrrole nitrogens is 1. The van der Waals surface area contributed by atoms with Crippen LogP contribution in [0.3, 0.4) is 0 Å². The van der Waals surface area contributed by atoms with E-state index in [1.807, 2.05) is 67.6 Å². The Morgan fingerprint density at radius 3 is 2.69 bits per heavy atom. The molecule has 0 spiro atoms. The van der Waals surface area contributed by atoms with Gasteiger partial charge in [0.05, 0.1) is 11.0 Å². The Kier molecular flexibility index (Phi) is 5.56. The van der Waals surface area contributed by atoms with Gasteiger partial charge in [-0.05, 0) is 54.8 Å². The van der Waals surface area contributed by atoms with Crippen molar-refractivity contribution in [3.05, 3.63) is 89.7 Å². The molecule has 0 atom stereocenters. The molecule has 1 heterocycles. The third kappa shape index (κ3) is 5.02. The van der Waals surface area contributed by atoms with Crippen LogP contribution in [0.15, 0.2) is 72.8 Å². The van der Waals surface area contributed by atoms with Crippen molar-refractivity contribution < 1.29 is 9.53 Å². The number of aryl methyl sites for hydroxylation is 3. The number of carbonyl (C=O) groups excluding carboxylic acids is 1. The van der Waals surface area contributed by atoms with Gasteiger partial charge in [-0.3, -0.25) is 4.79 Å². The fraction of sp³-hybridized carbons (Fsp3) is 0.167. The van der Waals surface area contributed by atoms with Crippen molar-refractivity contribution in [3.63, 3.8) is 0 Å². The zero-order chi connectivity index (χ0) is 20.1. The molecule has 0 aliphatic carbocycles. The molecule has 0 radical (unpaired) electrons. The molecule has 5 heteroatoms. The van der Waals surface area contributed by atoms with Gasteiger partial charge in [-0.15, -0.1) is 0 Å². The molecule has 0 fully saturated rings. The van der Waals surface area contributed by atoms with Gasteiger partial charge in [0, 0.05) is 12.1 Å².